The third-order valence-electron chi connectivity index (χ3n) is 3.19. The molecule has 0 aliphatic carbocycles. The lowest BCUT2D eigenvalue weighted by Crippen LogP contribution is -2.08. The number of nitro benzene ring substituents is 1. The fraction of sp³-hybridized carbons (Fsp3) is 0.0667. The van der Waals surface area contributed by atoms with Gasteiger partial charge in [0.1, 0.15) is 0 Å². The predicted molar refractivity (Wildman–Crippen MR) is 87.0 cm³/mol. The molecule has 7 heteroatoms. The fourth-order valence-corrected chi connectivity index (χ4v) is 3.06. The number of hydrogen-bond donors (Lipinski definition) is 0. The third kappa shape index (κ3) is 2.66. The molecule has 0 aliphatic rings. The first-order valence-electron chi connectivity index (χ1n) is 6.52. The van der Waals surface area contributed by atoms with Crippen LogP contribution in [0.4, 0.5) is 5.69 Å². The van der Waals surface area contributed by atoms with E-state index in [1.54, 1.807) is 18.2 Å². The molecular formula is C15H12N4O2S. The molecule has 0 saturated carbocycles. The largest absolute Gasteiger partial charge is 0.318 e. The van der Waals surface area contributed by atoms with E-state index in [4.69, 9.17) is 0 Å². The number of thiazole rings is 1. The van der Waals surface area contributed by atoms with Gasteiger partial charge in [0.05, 0.1) is 26.9 Å². The highest BCUT2D eigenvalue weighted by Crippen LogP contribution is 2.16. The van der Waals surface area contributed by atoms with Crippen LogP contribution in [-0.2, 0) is 7.05 Å². The number of nitro groups is 1. The van der Waals surface area contributed by atoms with Crippen molar-refractivity contribution in [2.24, 2.45) is 17.3 Å². The fourth-order valence-electron chi connectivity index (χ4n) is 2.08. The Morgan fingerprint density at radius 3 is 2.68 bits per heavy atom. The molecule has 0 saturated heterocycles. The van der Waals surface area contributed by atoms with Crippen LogP contribution in [-0.4, -0.2) is 15.7 Å². The van der Waals surface area contributed by atoms with Gasteiger partial charge in [-0.25, -0.2) is 0 Å². The Labute approximate surface area is 129 Å². The molecule has 6 nitrogen and oxygen atoms in total. The average molecular weight is 312 g/mol. The number of fused-ring (bicyclic) bond motifs is 1. The van der Waals surface area contributed by atoms with Crippen LogP contribution in [0.25, 0.3) is 10.2 Å². The molecule has 0 radical (unpaired) electrons. The number of aromatic nitrogens is 1. The number of rotatable bonds is 3. The van der Waals surface area contributed by atoms with Crippen molar-refractivity contribution in [2.45, 2.75) is 0 Å². The lowest BCUT2D eigenvalue weighted by molar-refractivity contribution is -0.385. The van der Waals surface area contributed by atoms with E-state index in [0.717, 1.165) is 15.0 Å². The van der Waals surface area contributed by atoms with Gasteiger partial charge in [0.2, 0.25) is 4.80 Å². The van der Waals surface area contributed by atoms with E-state index in [0.29, 0.717) is 5.56 Å². The molecule has 0 amide bonds. The quantitative estimate of drug-likeness (QED) is 0.423. The second-order valence-electron chi connectivity index (χ2n) is 4.57. The Kier molecular flexibility index (Phi) is 3.80. The minimum Gasteiger partial charge on any atom is -0.318 e. The number of benzene rings is 2. The first-order chi connectivity index (χ1) is 10.7. The minimum atomic E-state index is -0.430. The smallest absolute Gasteiger partial charge is 0.278 e. The van der Waals surface area contributed by atoms with Crippen LogP contribution in [0.5, 0.6) is 0 Å². The zero-order chi connectivity index (χ0) is 15.5. The van der Waals surface area contributed by atoms with Gasteiger partial charge in [0.25, 0.3) is 5.69 Å². The highest BCUT2D eigenvalue weighted by atomic mass is 32.1. The monoisotopic (exact) mass is 312 g/mol. The maximum atomic E-state index is 10.9. The van der Waals surface area contributed by atoms with Crippen LogP contribution in [0.15, 0.2) is 58.7 Å². The van der Waals surface area contributed by atoms with Gasteiger partial charge in [0, 0.05) is 13.1 Å². The van der Waals surface area contributed by atoms with E-state index in [-0.39, 0.29) is 5.69 Å². The molecule has 0 bridgehead atoms. The Balaban J connectivity index is 1.99. The van der Waals surface area contributed by atoms with Crippen molar-refractivity contribution in [3.05, 3.63) is 69.0 Å². The van der Waals surface area contributed by atoms with Crippen molar-refractivity contribution in [1.29, 1.82) is 0 Å². The average Bonchev–Trinajstić information content (AvgIpc) is 2.85. The SMILES string of the molecule is Cn1/c(=N/N=C\c2ccccc2[N+](=O)[O-])sc2ccccc21. The zero-order valence-corrected chi connectivity index (χ0v) is 12.5. The van der Waals surface area contributed by atoms with Crippen LogP contribution in [0.1, 0.15) is 5.56 Å². The standard InChI is InChI=1S/C15H12N4O2S/c1-18-13-8-4-5-9-14(13)22-15(18)17-16-10-11-6-2-3-7-12(11)19(20)21/h2-10H,1H3/b16-10-,17-15-. The zero-order valence-electron chi connectivity index (χ0n) is 11.7. The Morgan fingerprint density at radius 1 is 1.18 bits per heavy atom. The van der Waals surface area contributed by atoms with E-state index in [1.165, 1.54) is 23.6 Å². The van der Waals surface area contributed by atoms with Crippen molar-refractivity contribution in [3.63, 3.8) is 0 Å². The van der Waals surface area contributed by atoms with Crippen LogP contribution < -0.4 is 4.80 Å². The summed E-state index contributed by atoms with van der Waals surface area (Å²) in [4.78, 5) is 11.2. The first-order valence-corrected chi connectivity index (χ1v) is 7.33. The number of aryl methyl sites for hydroxylation is 1. The molecule has 1 heterocycles. The summed E-state index contributed by atoms with van der Waals surface area (Å²) >= 11 is 1.52. The van der Waals surface area contributed by atoms with Crippen LogP contribution >= 0.6 is 11.3 Å². The van der Waals surface area contributed by atoms with E-state index in [2.05, 4.69) is 10.2 Å². The predicted octanol–water partition coefficient (Wildman–Crippen LogP) is 3.08. The van der Waals surface area contributed by atoms with Crippen molar-refractivity contribution in [3.8, 4) is 0 Å². The molecule has 0 atom stereocenters. The molecule has 0 N–H and O–H groups in total. The van der Waals surface area contributed by atoms with E-state index in [9.17, 15) is 10.1 Å². The van der Waals surface area contributed by atoms with Crippen LogP contribution in [0.3, 0.4) is 0 Å². The molecule has 1 aromatic heterocycles. The molecule has 0 unspecified atom stereocenters. The molecule has 0 fully saturated rings. The molecule has 22 heavy (non-hydrogen) atoms. The van der Waals surface area contributed by atoms with Gasteiger partial charge in [-0.2, -0.15) is 5.10 Å². The normalized spacial score (nSPS) is 12.3. The molecule has 110 valence electrons. The maximum Gasteiger partial charge on any atom is 0.278 e. The highest BCUT2D eigenvalue weighted by molar-refractivity contribution is 7.16. The Morgan fingerprint density at radius 2 is 1.91 bits per heavy atom. The molecular weight excluding hydrogens is 300 g/mol. The summed E-state index contributed by atoms with van der Waals surface area (Å²) in [6.07, 6.45) is 1.41. The molecule has 0 aliphatic heterocycles. The van der Waals surface area contributed by atoms with Gasteiger partial charge < -0.3 is 4.57 Å². The minimum absolute atomic E-state index is 0.0159. The summed E-state index contributed by atoms with van der Waals surface area (Å²) in [5, 5.41) is 19.1. The molecule has 0 spiro atoms. The Hall–Kier alpha value is -2.80. The van der Waals surface area contributed by atoms with Crippen LogP contribution in [0, 0.1) is 10.1 Å². The van der Waals surface area contributed by atoms with Crippen molar-refractivity contribution < 1.29 is 4.92 Å². The summed E-state index contributed by atoms with van der Waals surface area (Å²) in [7, 11) is 1.91. The van der Waals surface area contributed by atoms with Gasteiger partial charge in [0.15, 0.2) is 0 Å². The third-order valence-corrected chi connectivity index (χ3v) is 4.29. The molecule has 3 aromatic rings. The lowest BCUT2D eigenvalue weighted by Gasteiger charge is -1.94. The first kappa shape index (κ1) is 14.2. The van der Waals surface area contributed by atoms with Crippen LogP contribution in [0.2, 0.25) is 0 Å². The number of nitrogens with zero attached hydrogens (tertiary/aromatic N) is 4. The second kappa shape index (κ2) is 5.90. The van der Waals surface area contributed by atoms with Gasteiger partial charge in [-0.05, 0) is 18.2 Å². The van der Waals surface area contributed by atoms with Gasteiger partial charge >= 0.3 is 0 Å². The summed E-state index contributed by atoms with van der Waals surface area (Å²) in [6.45, 7) is 0. The van der Waals surface area contributed by atoms with E-state index >= 15 is 0 Å². The molecule has 3 rings (SSSR count). The van der Waals surface area contributed by atoms with Gasteiger partial charge in [-0.3, -0.25) is 10.1 Å². The van der Waals surface area contributed by atoms with Gasteiger partial charge in [-0.15, -0.1) is 5.10 Å². The van der Waals surface area contributed by atoms with Crippen molar-refractivity contribution in [2.75, 3.05) is 0 Å². The van der Waals surface area contributed by atoms with Gasteiger partial charge in [-0.1, -0.05) is 35.6 Å². The van der Waals surface area contributed by atoms with Crippen molar-refractivity contribution >= 4 is 33.5 Å². The summed E-state index contributed by atoms with van der Waals surface area (Å²) in [6, 6.07) is 14.4. The maximum absolute atomic E-state index is 10.9. The summed E-state index contributed by atoms with van der Waals surface area (Å²) in [5.41, 5.74) is 1.52. The van der Waals surface area contributed by atoms with E-state index < -0.39 is 4.92 Å². The second-order valence-corrected chi connectivity index (χ2v) is 5.58. The lowest BCUT2D eigenvalue weighted by atomic mass is 10.2. The Bertz CT molecular complexity index is 940. The summed E-state index contributed by atoms with van der Waals surface area (Å²) < 4.78 is 3.06. The number of para-hydroxylation sites is 2. The van der Waals surface area contributed by atoms with Crippen molar-refractivity contribution in [1.82, 2.24) is 4.57 Å². The highest BCUT2D eigenvalue weighted by Gasteiger charge is 2.09. The number of hydrogen-bond acceptors (Lipinski definition) is 5. The van der Waals surface area contributed by atoms with E-state index in [1.807, 2.05) is 35.9 Å². The topological polar surface area (TPSA) is 72.8 Å². The molecule has 2 aromatic carbocycles. The summed E-state index contributed by atoms with van der Waals surface area (Å²) in [5.74, 6) is 0.